The van der Waals surface area contributed by atoms with Crippen LogP contribution >= 0.6 is 0 Å². The van der Waals surface area contributed by atoms with Crippen LogP contribution in [0.1, 0.15) is 36.8 Å². The van der Waals surface area contributed by atoms with Crippen LogP contribution in [0.15, 0.2) is 18.2 Å². The molecule has 0 spiro atoms. The van der Waals surface area contributed by atoms with Gasteiger partial charge in [-0.15, -0.1) is 0 Å². The van der Waals surface area contributed by atoms with Crippen LogP contribution in [0.5, 0.6) is 5.75 Å². The van der Waals surface area contributed by atoms with E-state index in [1.165, 1.54) is 7.11 Å². The van der Waals surface area contributed by atoms with Gasteiger partial charge < -0.3 is 4.74 Å². The molecule has 0 unspecified atom stereocenters. The SMILES string of the molecule is COc1cc(CS(=O)(=O)C2CCCC2)ccc1C#N. The Bertz CT molecular complexity index is 596. The van der Waals surface area contributed by atoms with E-state index in [0.717, 1.165) is 25.7 Å². The Balaban J connectivity index is 2.22. The number of sulfone groups is 1. The van der Waals surface area contributed by atoms with Gasteiger partial charge in [-0.05, 0) is 30.5 Å². The van der Waals surface area contributed by atoms with Gasteiger partial charge in [-0.3, -0.25) is 0 Å². The molecule has 0 aliphatic heterocycles. The summed E-state index contributed by atoms with van der Waals surface area (Å²) in [5.41, 5.74) is 1.10. The summed E-state index contributed by atoms with van der Waals surface area (Å²) in [6.45, 7) is 0. The number of ether oxygens (including phenoxy) is 1. The monoisotopic (exact) mass is 279 g/mol. The Morgan fingerprint density at radius 2 is 2.05 bits per heavy atom. The molecule has 0 N–H and O–H groups in total. The highest BCUT2D eigenvalue weighted by atomic mass is 32.2. The number of hydrogen-bond acceptors (Lipinski definition) is 4. The molecule has 0 aromatic heterocycles. The molecule has 102 valence electrons. The highest BCUT2D eigenvalue weighted by Gasteiger charge is 2.28. The van der Waals surface area contributed by atoms with E-state index in [1.807, 2.05) is 6.07 Å². The van der Waals surface area contributed by atoms with Gasteiger partial charge in [0.2, 0.25) is 0 Å². The van der Waals surface area contributed by atoms with E-state index in [4.69, 9.17) is 10.00 Å². The molecule has 1 aromatic carbocycles. The second-order valence-electron chi connectivity index (χ2n) is 4.86. The van der Waals surface area contributed by atoms with Gasteiger partial charge in [0.25, 0.3) is 0 Å². The van der Waals surface area contributed by atoms with Crippen LogP contribution in [0.25, 0.3) is 0 Å². The fourth-order valence-corrected chi connectivity index (χ4v) is 4.45. The summed E-state index contributed by atoms with van der Waals surface area (Å²) < 4.78 is 29.6. The average Bonchev–Trinajstić information content (AvgIpc) is 2.93. The van der Waals surface area contributed by atoms with Gasteiger partial charge in [0.15, 0.2) is 9.84 Å². The Labute approximate surface area is 113 Å². The van der Waals surface area contributed by atoms with Crippen LogP contribution < -0.4 is 4.74 Å². The van der Waals surface area contributed by atoms with E-state index >= 15 is 0 Å². The Hall–Kier alpha value is -1.54. The van der Waals surface area contributed by atoms with E-state index in [0.29, 0.717) is 16.9 Å². The highest BCUT2D eigenvalue weighted by Crippen LogP contribution is 2.28. The molecule has 1 saturated carbocycles. The zero-order valence-corrected chi connectivity index (χ0v) is 11.7. The minimum Gasteiger partial charge on any atom is -0.495 e. The fraction of sp³-hybridized carbons (Fsp3) is 0.500. The molecular formula is C14H17NO3S. The van der Waals surface area contributed by atoms with Gasteiger partial charge in [-0.2, -0.15) is 5.26 Å². The van der Waals surface area contributed by atoms with E-state index in [9.17, 15) is 8.42 Å². The standard InChI is InChI=1S/C14H17NO3S/c1-18-14-8-11(6-7-12(14)9-15)10-19(16,17)13-4-2-3-5-13/h6-8,13H,2-5,10H2,1H3. The number of methoxy groups -OCH3 is 1. The van der Waals surface area contributed by atoms with Gasteiger partial charge in [0, 0.05) is 0 Å². The third-order valence-electron chi connectivity index (χ3n) is 3.56. The number of benzene rings is 1. The normalized spacial score (nSPS) is 16.2. The van der Waals surface area contributed by atoms with E-state index in [-0.39, 0.29) is 11.0 Å². The maximum atomic E-state index is 12.3. The molecular weight excluding hydrogens is 262 g/mol. The zero-order chi connectivity index (χ0) is 13.9. The molecule has 5 heteroatoms. The van der Waals surface area contributed by atoms with Crippen molar-refractivity contribution >= 4 is 9.84 Å². The van der Waals surface area contributed by atoms with E-state index in [1.54, 1.807) is 18.2 Å². The van der Waals surface area contributed by atoms with Crippen LogP contribution in [0.4, 0.5) is 0 Å². The van der Waals surface area contributed by atoms with Gasteiger partial charge in [-0.1, -0.05) is 18.9 Å². The average molecular weight is 279 g/mol. The lowest BCUT2D eigenvalue weighted by molar-refractivity contribution is 0.413. The van der Waals surface area contributed by atoms with Crippen LogP contribution in [0.2, 0.25) is 0 Å². The quantitative estimate of drug-likeness (QED) is 0.849. The Morgan fingerprint density at radius 1 is 1.37 bits per heavy atom. The largest absolute Gasteiger partial charge is 0.495 e. The lowest BCUT2D eigenvalue weighted by atomic mass is 10.1. The van der Waals surface area contributed by atoms with Crippen molar-refractivity contribution in [3.8, 4) is 11.8 Å². The molecule has 0 heterocycles. The molecule has 1 fully saturated rings. The van der Waals surface area contributed by atoms with Crippen molar-refractivity contribution in [2.45, 2.75) is 36.7 Å². The number of nitriles is 1. The smallest absolute Gasteiger partial charge is 0.157 e. The second-order valence-corrected chi connectivity index (χ2v) is 7.14. The van der Waals surface area contributed by atoms with Crippen molar-refractivity contribution in [1.29, 1.82) is 5.26 Å². The van der Waals surface area contributed by atoms with Crippen molar-refractivity contribution in [3.63, 3.8) is 0 Å². The third kappa shape index (κ3) is 3.07. The summed E-state index contributed by atoms with van der Waals surface area (Å²) in [5, 5.41) is 8.70. The van der Waals surface area contributed by atoms with E-state index < -0.39 is 9.84 Å². The maximum absolute atomic E-state index is 12.3. The van der Waals surface area contributed by atoms with Crippen molar-refractivity contribution in [2.24, 2.45) is 0 Å². The summed E-state index contributed by atoms with van der Waals surface area (Å²) >= 11 is 0. The Kier molecular flexibility index (Phi) is 4.11. The summed E-state index contributed by atoms with van der Waals surface area (Å²) in [6.07, 6.45) is 3.55. The topological polar surface area (TPSA) is 67.2 Å². The summed E-state index contributed by atoms with van der Waals surface area (Å²) in [6, 6.07) is 6.96. The predicted octanol–water partition coefficient (Wildman–Crippen LogP) is 2.42. The first-order chi connectivity index (χ1) is 9.06. The summed E-state index contributed by atoms with van der Waals surface area (Å²) in [5.74, 6) is 0.460. The molecule has 0 saturated heterocycles. The molecule has 19 heavy (non-hydrogen) atoms. The fourth-order valence-electron chi connectivity index (χ4n) is 2.52. The first-order valence-corrected chi connectivity index (χ1v) is 8.07. The van der Waals surface area contributed by atoms with Crippen molar-refractivity contribution in [2.75, 3.05) is 7.11 Å². The maximum Gasteiger partial charge on any atom is 0.157 e. The van der Waals surface area contributed by atoms with Crippen LogP contribution in [0.3, 0.4) is 0 Å². The van der Waals surface area contributed by atoms with E-state index in [2.05, 4.69) is 0 Å². The number of rotatable bonds is 4. The van der Waals surface area contributed by atoms with Gasteiger partial charge >= 0.3 is 0 Å². The highest BCUT2D eigenvalue weighted by molar-refractivity contribution is 7.91. The van der Waals surface area contributed by atoms with Gasteiger partial charge in [0.05, 0.1) is 23.7 Å². The minimum absolute atomic E-state index is 0.0275. The molecule has 1 aromatic rings. The zero-order valence-electron chi connectivity index (χ0n) is 10.9. The van der Waals surface area contributed by atoms with Crippen LogP contribution in [-0.2, 0) is 15.6 Å². The molecule has 2 rings (SSSR count). The van der Waals surface area contributed by atoms with Crippen molar-refractivity contribution in [3.05, 3.63) is 29.3 Å². The lowest BCUT2D eigenvalue weighted by Gasteiger charge is -2.12. The second kappa shape index (κ2) is 5.62. The van der Waals surface area contributed by atoms with Crippen molar-refractivity contribution < 1.29 is 13.2 Å². The number of hydrogen-bond donors (Lipinski definition) is 0. The first kappa shape index (κ1) is 13.9. The van der Waals surface area contributed by atoms with Crippen LogP contribution in [-0.4, -0.2) is 20.8 Å². The summed E-state index contributed by atoms with van der Waals surface area (Å²) in [4.78, 5) is 0. The Morgan fingerprint density at radius 3 is 2.63 bits per heavy atom. The molecule has 1 aliphatic carbocycles. The molecule has 0 radical (unpaired) electrons. The molecule has 0 bridgehead atoms. The van der Waals surface area contributed by atoms with Crippen LogP contribution in [0, 0.1) is 11.3 Å². The number of nitrogens with zero attached hydrogens (tertiary/aromatic N) is 1. The predicted molar refractivity (Wildman–Crippen MR) is 72.6 cm³/mol. The minimum atomic E-state index is -3.10. The van der Waals surface area contributed by atoms with Crippen molar-refractivity contribution in [1.82, 2.24) is 0 Å². The molecule has 0 amide bonds. The third-order valence-corrected chi connectivity index (χ3v) is 5.79. The van der Waals surface area contributed by atoms with Gasteiger partial charge in [-0.25, -0.2) is 8.42 Å². The molecule has 1 aliphatic rings. The van der Waals surface area contributed by atoms with Gasteiger partial charge in [0.1, 0.15) is 11.8 Å². The first-order valence-electron chi connectivity index (χ1n) is 6.35. The molecule has 4 nitrogen and oxygen atoms in total. The lowest BCUT2D eigenvalue weighted by Crippen LogP contribution is -2.19. The molecule has 0 atom stereocenters. The summed E-state index contributed by atoms with van der Waals surface area (Å²) in [7, 11) is -1.62.